The Morgan fingerprint density at radius 3 is 1.08 bits per heavy atom. The number of hydrogen-bond donors (Lipinski definition) is 0. The fourth-order valence-corrected chi connectivity index (χ4v) is 3.06. The van der Waals surface area contributed by atoms with Crippen molar-refractivity contribution in [3.63, 3.8) is 0 Å². The summed E-state index contributed by atoms with van der Waals surface area (Å²) in [5.41, 5.74) is -2.33. The van der Waals surface area contributed by atoms with Gasteiger partial charge in [0.25, 0.3) is 0 Å². The molecule has 0 aliphatic heterocycles. The van der Waals surface area contributed by atoms with E-state index in [4.69, 9.17) is 9.47 Å². The maximum Gasteiger partial charge on any atom is 0.210 e. The van der Waals surface area contributed by atoms with Crippen molar-refractivity contribution in [3.8, 4) is 34.1 Å². The van der Waals surface area contributed by atoms with Crippen molar-refractivity contribution in [2.24, 2.45) is 0 Å². The molecule has 9 heteroatoms. The van der Waals surface area contributed by atoms with Gasteiger partial charge >= 0.3 is 0 Å². The van der Waals surface area contributed by atoms with Crippen LogP contribution in [0.25, 0.3) is 11.1 Å². The summed E-state index contributed by atoms with van der Waals surface area (Å²) in [7, 11) is 4.09. The quantitative estimate of drug-likeness (QED) is 0.657. The van der Waals surface area contributed by atoms with Gasteiger partial charge in [-0.05, 0) is 0 Å². The zero-order valence-corrected chi connectivity index (χ0v) is 14.1. The van der Waals surface area contributed by atoms with Crippen LogP contribution in [0.1, 0.15) is 15.9 Å². The lowest BCUT2D eigenvalue weighted by Crippen LogP contribution is -2.07. The summed E-state index contributed by atoms with van der Waals surface area (Å²) in [4.78, 5) is 12.7. The number of fused-ring (bicyclic) bond motifs is 3. The number of carbonyl (C=O) groups excluding carboxylic acids is 1. The van der Waals surface area contributed by atoms with Gasteiger partial charge in [0, 0.05) is 11.1 Å². The van der Waals surface area contributed by atoms with Crippen LogP contribution in [-0.4, -0.2) is 34.2 Å². The molecule has 0 amide bonds. The molecule has 1 aliphatic carbocycles. The number of hydrogen-bond acceptors (Lipinski definition) is 5. The first kappa shape index (κ1) is 17.8. The monoisotopic (exact) mass is 372 g/mol. The normalized spacial score (nSPS) is 11.9. The largest absolute Gasteiger partial charge is 0.493 e. The number of benzene rings is 2. The molecule has 0 atom stereocenters. The molecule has 0 bridgehead atoms. The second-order valence-electron chi connectivity index (χ2n) is 5.22. The van der Waals surface area contributed by atoms with E-state index in [-0.39, 0.29) is 0 Å². The third-order valence-electron chi connectivity index (χ3n) is 4.11. The standard InChI is InChI=1S/C17H12F4O5/c1-23-14-5-6-8(10(19)17(26-4)12(21)15(6)24-2)13(22)7(5)9(18)16(25-3)11(14)20/h1-4H3. The van der Waals surface area contributed by atoms with Crippen molar-refractivity contribution in [1.82, 2.24) is 0 Å². The number of carbonyl (C=O) groups is 1. The predicted octanol–water partition coefficient (Wildman–Crippen LogP) is 3.49. The molecule has 1 aliphatic rings. The fraction of sp³-hybridized carbons (Fsp3) is 0.235. The molecule has 0 aromatic heterocycles. The molecule has 0 N–H and O–H groups in total. The van der Waals surface area contributed by atoms with Gasteiger partial charge in [-0.2, -0.15) is 8.78 Å². The van der Waals surface area contributed by atoms with E-state index in [1.165, 1.54) is 0 Å². The first-order valence-corrected chi connectivity index (χ1v) is 7.16. The number of halogens is 4. The Morgan fingerprint density at radius 2 is 0.808 bits per heavy atom. The minimum Gasteiger partial charge on any atom is -0.493 e. The molecule has 2 aromatic carbocycles. The highest BCUT2D eigenvalue weighted by Gasteiger charge is 2.44. The highest BCUT2D eigenvalue weighted by atomic mass is 19.1. The number of ketones is 1. The maximum absolute atomic E-state index is 14.7. The predicted molar refractivity (Wildman–Crippen MR) is 81.4 cm³/mol. The molecule has 0 saturated heterocycles. The van der Waals surface area contributed by atoms with Crippen LogP contribution in [0.15, 0.2) is 0 Å². The molecule has 0 unspecified atom stereocenters. The van der Waals surface area contributed by atoms with Crippen molar-refractivity contribution in [1.29, 1.82) is 0 Å². The highest BCUT2D eigenvalue weighted by molar-refractivity contribution is 6.24. The fourth-order valence-electron chi connectivity index (χ4n) is 3.06. The van der Waals surface area contributed by atoms with Crippen LogP contribution in [0.4, 0.5) is 17.6 Å². The van der Waals surface area contributed by atoms with Gasteiger partial charge in [0.05, 0.1) is 39.6 Å². The molecule has 0 heterocycles. The summed E-state index contributed by atoms with van der Waals surface area (Å²) < 4.78 is 77.6. The smallest absolute Gasteiger partial charge is 0.210 e. The van der Waals surface area contributed by atoms with Crippen molar-refractivity contribution < 1.29 is 41.3 Å². The molecule has 138 valence electrons. The second-order valence-corrected chi connectivity index (χ2v) is 5.22. The van der Waals surface area contributed by atoms with Gasteiger partial charge in [-0.15, -0.1) is 0 Å². The van der Waals surface area contributed by atoms with Gasteiger partial charge in [0.2, 0.25) is 17.4 Å². The van der Waals surface area contributed by atoms with E-state index in [1.807, 2.05) is 0 Å². The molecular formula is C17H12F4O5. The summed E-state index contributed by atoms with van der Waals surface area (Å²) in [5.74, 6) is -9.34. The lowest BCUT2D eigenvalue weighted by atomic mass is 10.0. The van der Waals surface area contributed by atoms with Crippen molar-refractivity contribution in [3.05, 3.63) is 34.4 Å². The molecule has 3 rings (SSSR count). The molecule has 0 fully saturated rings. The average molecular weight is 372 g/mol. The molecule has 0 radical (unpaired) electrons. The topological polar surface area (TPSA) is 54.0 Å². The van der Waals surface area contributed by atoms with Crippen LogP contribution in [0.3, 0.4) is 0 Å². The van der Waals surface area contributed by atoms with E-state index in [9.17, 15) is 22.4 Å². The molecule has 0 spiro atoms. The number of methoxy groups -OCH3 is 4. The Bertz CT molecular complexity index is 880. The van der Waals surface area contributed by atoms with Crippen LogP contribution in [0.5, 0.6) is 23.0 Å². The molecule has 2 aromatic rings. The summed E-state index contributed by atoms with van der Waals surface area (Å²) >= 11 is 0. The molecule has 0 saturated carbocycles. The SMILES string of the molecule is COc1c(F)c(OC)c2c(c1F)C(=O)c1c(F)c(OC)c(F)c(OC)c1-2. The minimum absolute atomic E-state index is 0.458. The van der Waals surface area contributed by atoms with Gasteiger partial charge in [-0.3, -0.25) is 4.79 Å². The summed E-state index contributed by atoms with van der Waals surface area (Å²) in [6, 6.07) is 0. The van der Waals surface area contributed by atoms with Crippen LogP contribution in [-0.2, 0) is 0 Å². The van der Waals surface area contributed by atoms with E-state index in [1.54, 1.807) is 0 Å². The molecular weight excluding hydrogens is 360 g/mol. The third-order valence-corrected chi connectivity index (χ3v) is 4.11. The van der Waals surface area contributed by atoms with E-state index in [0.29, 0.717) is 0 Å². The minimum atomic E-state index is -1.36. The van der Waals surface area contributed by atoms with Crippen molar-refractivity contribution >= 4 is 5.78 Å². The van der Waals surface area contributed by atoms with E-state index in [2.05, 4.69) is 9.47 Å². The van der Waals surface area contributed by atoms with Gasteiger partial charge in [-0.25, -0.2) is 8.78 Å². The molecule has 5 nitrogen and oxygen atoms in total. The number of ether oxygens (including phenoxy) is 4. The van der Waals surface area contributed by atoms with Gasteiger partial charge < -0.3 is 18.9 Å². The second kappa shape index (κ2) is 6.08. The van der Waals surface area contributed by atoms with Gasteiger partial charge in [0.1, 0.15) is 0 Å². The summed E-state index contributed by atoms with van der Waals surface area (Å²) in [6.07, 6.45) is 0. The maximum atomic E-state index is 14.7. The highest BCUT2D eigenvalue weighted by Crippen LogP contribution is 2.54. The zero-order valence-electron chi connectivity index (χ0n) is 14.1. The van der Waals surface area contributed by atoms with Crippen molar-refractivity contribution in [2.45, 2.75) is 0 Å². The van der Waals surface area contributed by atoms with Crippen LogP contribution >= 0.6 is 0 Å². The van der Waals surface area contributed by atoms with Gasteiger partial charge in [0.15, 0.2) is 34.6 Å². The first-order valence-electron chi connectivity index (χ1n) is 7.16. The van der Waals surface area contributed by atoms with E-state index in [0.717, 1.165) is 28.4 Å². The van der Waals surface area contributed by atoms with E-state index < -0.39 is 74.3 Å². The van der Waals surface area contributed by atoms with Gasteiger partial charge in [-0.1, -0.05) is 0 Å². The van der Waals surface area contributed by atoms with Crippen LogP contribution in [0.2, 0.25) is 0 Å². The van der Waals surface area contributed by atoms with Crippen LogP contribution < -0.4 is 18.9 Å². The third kappa shape index (κ3) is 2.00. The van der Waals surface area contributed by atoms with E-state index >= 15 is 0 Å². The van der Waals surface area contributed by atoms with Crippen molar-refractivity contribution in [2.75, 3.05) is 28.4 Å². The summed E-state index contributed by atoms with van der Waals surface area (Å²) in [6.45, 7) is 0. The lowest BCUT2D eigenvalue weighted by molar-refractivity contribution is 0.103. The Labute approximate surface area is 145 Å². The first-order chi connectivity index (χ1) is 12.3. The Balaban J connectivity index is 2.57. The zero-order chi connectivity index (χ0) is 19.3. The Morgan fingerprint density at radius 1 is 0.500 bits per heavy atom. The van der Waals surface area contributed by atoms with Crippen LogP contribution in [0, 0.1) is 23.3 Å². The molecule has 26 heavy (non-hydrogen) atoms. The lowest BCUT2D eigenvalue weighted by Gasteiger charge is -2.16. The Kier molecular flexibility index (Phi) is 4.17. The average Bonchev–Trinajstić information content (AvgIpc) is 2.90. The summed E-state index contributed by atoms with van der Waals surface area (Å²) in [5, 5.41) is 0. The Hall–Kier alpha value is -2.97. The number of rotatable bonds is 4.